The zero-order valence-electron chi connectivity index (χ0n) is 8.77. The van der Waals surface area contributed by atoms with Crippen LogP contribution in [0.1, 0.15) is 12.8 Å². The Morgan fingerprint density at radius 3 is 3.07 bits per heavy atom. The maximum Gasteiger partial charge on any atom is 0.241 e. The molecule has 6 heteroatoms. The summed E-state index contributed by atoms with van der Waals surface area (Å²) in [6.45, 7) is 3.49. The van der Waals surface area contributed by atoms with Crippen molar-refractivity contribution in [3.05, 3.63) is 18.3 Å². The van der Waals surface area contributed by atoms with Crippen molar-refractivity contribution in [2.75, 3.05) is 6.54 Å². The molecule has 0 unspecified atom stereocenters. The molecule has 0 atom stereocenters. The van der Waals surface area contributed by atoms with Crippen LogP contribution in [0, 0.1) is 0 Å². The van der Waals surface area contributed by atoms with E-state index in [1.807, 2.05) is 24.7 Å². The molecule has 2 heterocycles. The van der Waals surface area contributed by atoms with E-state index >= 15 is 0 Å². The first kappa shape index (κ1) is 9.85. The summed E-state index contributed by atoms with van der Waals surface area (Å²) in [5.74, 6) is 1.81. The minimum atomic E-state index is 0.524. The molecule has 0 aliphatic carbocycles. The van der Waals surface area contributed by atoms with Crippen molar-refractivity contribution >= 4 is 0 Å². The third-order valence-corrected chi connectivity index (χ3v) is 2.02. The average molecular weight is 207 g/mol. The van der Waals surface area contributed by atoms with Gasteiger partial charge in [-0.2, -0.15) is 4.98 Å². The Hall–Kier alpha value is -1.69. The molecule has 0 aromatic carbocycles. The fourth-order valence-corrected chi connectivity index (χ4v) is 1.23. The lowest BCUT2D eigenvalue weighted by molar-refractivity contribution is 0.369. The molecular formula is C9H13N5O. The number of hydrogen-bond acceptors (Lipinski definition) is 5. The van der Waals surface area contributed by atoms with E-state index in [2.05, 4.69) is 20.4 Å². The van der Waals surface area contributed by atoms with Crippen molar-refractivity contribution in [3.8, 4) is 11.6 Å². The number of nitrogens with zero attached hydrogens (tertiary/aromatic N) is 4. The fraction of sp³-hybridized carbons (Fsp3) is 0.444. The van der Waals surface area contributed by atoms with Crippen LogP contribution >= 0.6 is 0 Å². The molecule has 0 saturated heterocycles. The van der Waals surface area contributed by atoms with Crippen LogP contribution in [-0.2, 0) is 13.6 Å². The third-order valence-electron chi connectivity index (χ3n) is 2.02. The molecule has 2 aromatic heterocycles. The average Bonchev–Trinajstić information content (AvgIpc) is 2.83. The van der Waals surface area contributed by atoms with Crippen LogP contribution < -0.4 is 5.32 Å². The van der Waals surface area contributed by atoms with Crippen LogP contribution in [0.3, 0.4) is 0 Å². The Morgan fingerprint density at radius 2 is 2.40 bits per heavy atom. The molecule has 0 aliphatic rings. The predicted octanol–water partition coefficient (Wildman–Crippen LogP) is 0.580. The smallest absolute Gasteiger partial charge is 0.241 e. The summed E-state index contributed by atoms with van der Waals surface area (Å²) >= 11 is 0. The standard InChI is InChI=1S/C9H13N5O/c1-3-10-6-7-12-8(13-15-7)9-11-4-5-14(9)2/h4-5,10H,3,6H2,1-2H3. The number of rotatable bonds is 4. The summed E-state index contributed by atoms with van der Waals surface area (Å²) in [5.41, 5.74) is 0. The summed E-state index contributed by atoms with van der Waals surface area (Å²) in [6.07, 6.45) is 3.55. The highest BCUT2D eigenvalue weighted by Gasteiger charge is 2.11. The van der Waals surface area contributed by atoms with Crippen LogP contribution in [0.5, 0.6) is 0 Å². The molecule has 2 aromatic rings. The molecule has 0 fully saturated rings. The fourth-order valence-electron chi connectivity index (χ4n) is 1.23. The largest absolute Gasteiger partial charge is 0.337 e. The molecule has 0 radical (unpaired) electrons. The normalized spacial score (nSPS) is 10.8. The molecule has 1 N–H and O–H groups in total. The topological polar surface area (TPSA) is 68.8 Å². The minimum Gasteiger partial charge on any atom is -0.337 e. The van der Waals surface area contributed by atoms with Crippen molar-refractivity contribution in [1.82, 2.24) is 25.0 Å². The Bertz CT molecular complexity index is 433. The monoisotopic (exact) mass is 207 g/mol. The molecule has 80 valence electrons. The summed E-state index contributed by atoms with van der Waals surface area (Å²) in [7, 11) is 1.89. The van der Waals surface area contributed by atoms with Gasteiger partial charge in [-0.05, 0) is 6.54 Å². The zero-order valence-corrected chi connectivity index (χ0v) is 8.77. The lowest BCUT2D eigenvalue weighted by Crippen LogP contribution is -2.11. The highest BCUT2D eigenvalue weighted by Crippen LogP contribution is 2.11. The van der Waals surface area contributed by atoms with Crippen LogP contribution in [0.15, 0.2) is 16.9 Å². The molecular weight excluding hydrogens is 194 g/mol. The first-order valence-corrected chi connectivity index (χ1v) is 4.82. The molecule has 2 rings (SSSR count). The highest BCUT2D eigenvalue weighted by molar-refractivity contribution is 5.42. The SMILES string of the molecule is CCNCc1nc(-c2nccn2C)no1. The van der Waals surface area contributed by atoms with Gasteiger partial charge in [0.05, 0.1) is 6.54 Å². The van der Waals surface area contributed by atoms with Crippen LogP contribution in [0.2, 0.25) is 0 Å². The maximum absolute atomic E-state index is 5.07. The Labute approximate surface area is 87.3 Å². The lowest BCUT2D eigenvalue weighted by atomic mass is 10.5. The van der Waals surface area contributed by atoms with Crippen LogP contribution in [0.4, 0.5) is 0 Å². The maximum atomic E-state index is 5.07. The van der Waals surface area contributed by atoms with Crippen molar-refractivity contribution in [2.24, 2.45) is 7.05 Å². The number of imidazole rings is 1. The van der Waals surface area contributed by atoms with E-state index < -0.39 is 0 Å². The van der Waals surface area contributed by atoms with Crippen molar-refractivity contribution in [1.29, 1.82) is 0 Å². The zero-order chi connectivity index (χ0) is 10.7. The van der Waals surface area contributed by atoms with E-state index in [-0.39, 0.29) is 0 Å². The molecule has 0 saturated carbocycles. The summed E-state index contributed by atoms with van der Waals surface area (Å²) in [5, 5.41) is 6.98. The van der Waals surface area contributed by atoms with E-state index in [1.54, 1.807) is 6.20 Å². The van der Waals surface area contributed by atoms with Gasteiger partial charge in [0, 0.05) is 19.4 Å². The summed E-state index contributed by atoms with van der Waals surface area (Å²) < 4.78 is 6.92. The van der Waals surface area contributed by atoms with Gasteiger partial charge in [0.25, 0.3) is 0 Å². The molecule has 0 bridgehead atoms. The van der Waals surface area contributed by atoms with Crippen LogP contribution in [-0.4, -0.2) is 26.2 Å². The first-order valence-electron chi connectivity index (χ1n) is 4.82. The van der Waals surface area contributed by atoms with Gasteiger partial charge in [-0.25, -0.2) is 4.98 Å². The Balaban J connectivity index is 2.17. The Morgan fingerprint density at radius 1 is 1.53 bits per heavy atom. The second kappa shape index (κ2) is 4.22. The highest BCUT2D eigenvalue weighted by atomic mass is 16.5. The van der Waals surface area contributed by atoms with Crippen LogP contribution in [0.25, 0.3) is 11.6 Å². The summed E-state index contributed by atoms with van der Waals surface area (Å²) in [6, 6.07) is 0. The molecule has 0 spiro atoms. The van der Waals surface area contributed by atoms with E-state index in [1.165, 1.54) is 0 Å². The van der Waals surface area contributed by atoms with Crippen molar-refractivity contribution in [2.45, 2.75) is 13.5 Å². The van der Waals surface area contributed by atoms with Gasteiger partial charge in [-0.3, -0.25) is 0 Å². The second-order valence-electron chi connectivity index (χ2n) is 3.15. The second-order valence-corrected chi connectivity index (χ2v) is 3.15. The molecule has 0 aliphatic heterocycles. The predicted molar refractivity (Wildman–Crippen MR) is 53.9 cm³/mol. The van der Waals surface area contributed by atoms with Gasteiger partial charge in [0.2, 0.25) is 11.7 Å². The van der Waals surface area contributed by atoms with E-state index in [4.69, 9.17) is 4.52 Å². The van der Waals surface area contributed by atoms with E-state index in [9.17, 15) is 0 Å². The van der Waals surface area contributed by atoms with E-state index in [0.29, 0.717) is 24.1 Å². The quantitative estimate of drug-likeness (QED) is 0.794. The van der Waals surface area contributed by atoms with Gasteiger partial charge >= 0.3 is 0 Å². The lowest BCUT2D eigenvalue weighted by Gasteiger charge is -1.93. The van der Waals surface area contributed by atoms with Gasteiger partial charge in [0.15, 0.2) is 5.82 Å². The van der Waals surface area contributed by atoms with Crippen molar-refractivity contribution in [3.63, 3.8) is 0 Å². The summed E-state index contributed by atoms with van der Waals surface area (Å²) in [4.78, 5) is 8.36. The Kier molecular flexibility index (Phi) is 2.77. The minimum absolute atomic E-state index is 0.524. The molecule has 6 nitrogen and oxygen atoms in total. The number of hydrogen-bond donors (Lipinski definition) is 1. The number of nitrogens with one attached hydrogen (secondary N) is 1. The van der Waals surface area contributed by atoms with Gasteiger partial charge in [-0.1, -0.05) is 12.1 Å². The van der Waals surface area contributed by atoms with Gasteiger partial charge in [-0.15, -0.1) is 0 Å². The molecule has 0 amide bonds. The van der Waals surface area contributed by atoms with Gasteiger partial charge < -0.3 is 14.4 Å². The van der Waals surface area contributed by atoms with Crippen molar-refractivity contribution < 1.29 is 4.52 Å². The molecule has 15 heavy (non-hydrogen) atoms. The van der Waals surface area contributed by atoms with Gasteiger partial charge in [0.1, 0.15) is 0 Å². The van der Waals surface area contributed by atoms with E-state index in [0.717, 1.165) is 6.54 Å². The number of aryl methyl sites for hydroxylation is 1. The third kappa shape index (κ3) is 2.04. The first-order chi connectivity index (χ1) is 7.31. The number of aromatic nitrogens is 4.